The second kappa shape index (κ2) is 13.1. The molecule has 3 rings (SSSR count). The first-order valence-corrected chi connectivity index (χ1v) is 14.1. The summed E-state index contributed by atoms with van der Waals surface area (Å²) < 4.78 is 42.9. The number of halogens is 3. The molecule has 1 N–H and O–H groups in total. The normalized spacial score (nSPS) is 12.0. The largest absolute Gasteiger partial charge is 0.355 e. The molecule has 0 fully saturated rings. The van der Waals surface area contributed by atoms with Crippen molar-refractivity contribution in [1.82, 2.24) is 10.2 Å². The number of hydrogen-bond donors (Lipinski definition) is 1. The molecule has 3 aromatic carbocycles. The molecule has 0 aliphatic rings. The van der Waals surface area contributed by atoms with Gasteiger partial charge in [-0.25, -0.2) is 12.8 Å². The van der Waals surface area contributed by atoms with Crippen LogP contribution in [-0.4, -0.2) is 44.3 Å². The van der Waals surface area contributed by atoms with Crippen molar-refractivity contribution in [3.8, 4) is 0 Å². The third-order valence-corrected chi connectivity index (χ3v) is 8.34. The number of anilines is 1. The number of hydrogen-bond acceptors (Lipinski definition) is 4. The van der Waals surface area contributed by atoms with Crippen molar-refractivity contribution in [2.24, 2.45) is 0 Å². The number of nitrogens with zero attached hydrogens (tertiary/aromatic N) is 2. The van der Waals surface area contributed by atoms with Gasteiger partial charge < -0.3 is 10.2 Å². The molecule has 202 valence electrons. The van der Waals surface area contributed by atoms with Gasteiger partial charge in [0.25, 0.3) is 10.0 Å². The van der Waals surface area contributed by atoms with Crippen LogP contribution in [0, 0.1) is 5.82 Å². The summed E-state index contributed by atoms with van der Waals surface area (Å²) in [5.41, 5.74) is 0.0989. The minimum atomic E-state index is -4.36. The zero-order chi connectivity index (χ0) is 27.9. The number of para-hydroxylation sites is 1. The number of nitrogens with one attached hydrogen (secondary N) is 1. The Kier molecular flexibility index (Phi) is 10.1. The Balaban J connectivity index is 2.10. The van der Waals surface area contributed by atoms with Gasteiger partial charge in [0.2, 0.25) is 11.8 Å². The highest BCUT2D eigenvalue weighted by molar-refractivity contribution is 7.92. The number of carbonyl (C=O) groups is 2. The van der Waals surface area contributed by atoms with Crippen molar-refractivity contribution >= 4 is 50.7 Å². The van der Waals surface area contributed by atoms with Gasteiger partial charge in [-0.15, -0.1) is 0 Å². The van der Waals surface area contributed by atoms with Crippen LogP contribution in [0.3, 0.4) is 0 Å². The monoisotopic (exact) mass is 579 g/mol. The highest BCUT2D eigenvalue weighted by Crippen LogP contribution is 2.29. The molecule has 11 heteroatoms. The molecular weight excluding hydrogens is 552 g/mol. The van der Waals surface area contributed by atoms with Crippen molar-refractivity contribution in [3.63, 3.8) is 0 Å². The Morgan fingerprint density at radius 3 is 2.11 bits per heavy atom. The Labute approximate surface area is 232 Å². The van der Waals surface area contributed by atoms with Gasteiger partial charge >= 0.3 is 0 Å². The van der Waals surface area contributed by atoms with Crippen LogP contribution in [0.1, 0.15) is 25.8 Å². The van der Waals surface area contributed by atoms with Crippen LogP contribution in [0.5, 0.6) is 0 Å². The Hall–Kier alpha value is -3.14. The smallest absolute Gasteiger partial charge is 0.264 e. The minimum Gasteiger partial charge on any atom is -0.355 e. The lowest BCUT2D eigenvalue weighted by Gasteiger charge is -2.33. The topological polar surface area (TPSA) is 86.8 Å². The maximum Gasteiger partial charge on any atom is 0.264 e. The number of sulfonamides is 1. The lowest BCUT2D eigenvalue weighted by Crippen LogP contribution is -2.52. The van der Waals surface area contributed by atoms with Gasteiger partial charge in [-0.2, -0.15) is 0 Å². The lowest BCUT2D eigenvalue weighted by molar-refractivity contribution is -0.140. The summed E-state index contributed by atoms with van der Waals surface area (Å²) in [6, 6.07) is 16.6. The summed E-state index contributed by atoms with van der Waals surface area (Å²) in [5.74, 6) is -1.98. The van der Waals surface area contributed by atoms with Gasteiger partial charge in [0.1, 0.15) is 18.4 Å². The SMILES string of the molecule is CCNC(=O)C(CC)N(Cc1c(Cl)cccc1Cl)C(=O)CN(c1ccccc1F)S(=O)(=O)c1ccccc1. The third kappa shape index (κ3) is 6.64. The van der Waals surface area contributed by atoms with Crippen molar-refractivity contribution in [3.05, 3.63) is 94.2 Å². The summed E-state index contributed by atoms with van der Waals surface area (Å²) in [6.07, 6.45) is 0.227. The summed E-state index contributed by atoms with van der Waals surface area (Å²) in [6.45, 7) is 2.87. The summed E-state index contributed by atoms with van der Waals surface area (Å²) in [7, 11) is -4.36. The van der Waals surface area contributed by atoms with Gasteiger partial charge in [-0.3, -0.25) is 13.9 Å². The maximum absolute atomic E-state index is 14.9. The van der Waals surface area contributed by atoms with E-state index < -0.39 is 40.2 Å². The van der Waals surface area contributed by atoms with E-state index in [9.17, 15) is 22.4 Å². The third-order valence-electron chi connectivity index (χ3n) is 5.86. The predicted octanol–water partition coefficient (Wildman–Crippen LogP) is 5.27. The number of benzene rings is 3. The van der Waals surface area contributed by atoms with E-state index >= 15 is 0 Å². The van der Waals surface area contributed by atoms with E-state index in [0.29, 0.717) is 16.4 Å². The minimum absolute atomic E-state index is 0.118. The van der Waals surface area contributed by atoms with Crippen LogP contribution in [0.2, 0.25) is 10.0 Å². The number of rotatable bonds is 11. The van der Waals surface area contributed by atoms with Crippen LogP contribution in [0.4, 0.5) is 10.1 Å². The molecule has 0 aliphatic carbocycles. The van der Waals surface area contributed by atoms with Crippen LogP contribution in [-0.2, 0) is 26.2 Å². The summed E-state index contributed by atoms with van der Waals surface area (Å²) >= 11 is 12.7. The van der Waals surface area contributed by atoms with Gasteiger partial charge in [-0.05, 0) is 49.7 Å². The van der Waals surface area contributed by atoms with Crippen LogP contribution < -0.4 is 9.62 Å². The van der Waals surface area contributed by atoms with Crippen molar-refractivity contribution in [2.45, 2.75) is 37.8 Å². The number of carbonyl (C=O) groups excluding carboxylic acids is 2. The first-order chi connectivity index (χ1) is 18.1. The molecule has 0 aliphatic heterocycles. The van der Waals surface area contributed by atoms with E-state index in [2.05, 4.69) is 5.32 Å². The quantitative estimate of drug-likeness (QED) is 0.335. The van der Waals surface area contributed by atoms with E-state index in [1.807, 2.05) is 0 Å². The van der Waals surface area contributed by atoms with Gasteiger partial charge in [0, 0.05) is 28.7 Å². The molecule has 38 heavy (non-hydrogen) atoms. The Morgan fingerprint density at radius 2 is 1.53 bits per heavy atom. The fourth-order valence-corrected chi connectivity index (χ4v) is 5.91. The summed E-state index contributed by atoms with van der Waals surface area (Å²) in [5, 5.41) is 3.27. The molecule has 0 spiro atoms. The highest BCUT2D eigenvalue weighted by atomic mass is 35.5. The van der Waals surface area contributed by atoms with E-state index in [1.165, 1.54) is 47.4 Å². The van der Waals surface area contributed by atoms with Crippen LogP contribution in [0.15, 0.2) is 77.7 Å². The molecule has 1 unspecified atom stereocenters. The molecular formula is C27H28Cl2FN3O4S. The molecule has 3 aromatic rings. The van der Waals surface area contributed by atoms with E-state index in [1.54, 1.807) is 38.1 Å². The second-order valence-corrected chi connectivity index (χ2v) is 11.0. The first kappa shape index (κ1) is 29.4. The highest BCUT2D eigenvalue weighted by Gasteiger charge is 2.34. The van der Waals surface area contributed by atoms with Gasteiger partial charge in [0.15, 0.2) is 0 Å². The van der Waals surface area contributed by atoms with Gasteiger partial charge in [-0.1, -0.05) is 66.5 Å². The fourth-order valence-electron chi connectivity index (χ4n) is 3.95. The standard InChI is InChI=1S/C27H28Cl2FN3O4S/c1-3-24(27(35)31-4-2)32(17-20-21(28)13-10-14-22(20)29)26(34)18-33(25-16-9-8-15-23(25)30)38(36,37)19-11-6-5-7-12-19/h5-16,24H,3-4,17-18H2,1-2H3,(H,31,35). The zero-order valence-corrected chi connectivity index (χ0v) is 23.2. The molecule has 7 nitrogen and oxygen atoms in total. The molecule has 0 aromatic heterocycles. The first-order valence-electron chi connectivity index (χ1n) is 11.9. The van der Waals surface area contributed by atoms with Crippen LogP contribution >= 0.6 is 23.2 Å². The Morgan fingerprint density at radius 1 is 0.921 bits per heavy atom. The molecule has 0 bridgehead atoms. The molecule has 1 atom stereocenters. The number of amides is 2. The lowest BCUT2D eigenvalue weighted by atomic mass is 10.1. The van der Waals surface area contributed by atoms with E-state index in [-0.39, 0.29) is 33.6 Å². The van der Waals surface area contributed by atoms with Crippen LogP contribution in [0.25, 0.3) is 0 Å². The van der Waals surface area contributed by atoms with E-state index in [0.717, 1.165) is 6.07 Å². The van der Waals surface area contributed by atoms with Crippen molar-refractivity contribution in [1.29, 1.82) is 0 Å². The average molecular weight is 581 g/mol. The molecule has 0 radical (unpaired) electrons. The number of likely N-dealkylation sites (N-methyl/N-ethyl adjacent to an activating group) is 1. The fraction of sp³-hybridized carbons (Fsp3) is 0.259. The van der Waals surface area contributed by atoms with E-state index in [4.69, 9.17) is 23.2 Å². The average Bonchev–Trinajstić information content (AvgIpc) is 2.89. The molecule has 0 heterocycles. The van der Waals surface area contributed by atoms with Gasteiger partial charge in [0.05, 0.1) is 10.6 Å². The van der Waals surface area contributed by atoms with Crippen molar-refractivity contribution < 1.29 is 22.4 Å². The molecule has 0 saturated heterocycles. The second-order valence-electron chi connectivity index (χ2n) is 8.32. The maximum atomic E-state index is 14.9. The summed E-state index contributed by atoms with van der Waals surface area (Å²) in [4.78, 5) is 27.9. The molecule has 2 amide bonds. The van der Waals surface area contributed by atoms with Crippen molar-refractivity contribution in [2.75, 3.05) is 17.4 Å². The molecule has 0 saturated carbocycles. The Bertz CT molecular complexity index is 1370. The zero-order valence-electron chi connectivity index (χ0n) is 20.9. The predicted molar refractivity (Wildman–Crippen MR) is 147 cm³/mol.